The van der Waals surface area contributed by atoms with Crippen molar-refractivity contribution in [3.63, 3.8) is 0 Å². The SMILES string of the molecule is CC(C)CN1CCN(C(=O)OC(C)(C)C)CC12CN([C@@H](CCC(N)=O)C(N)=O)C2=O.S. The van der Waals surface area contributed by atoms with Crippen molar-refractivity contribution in [2.45, 2.75) is 64.6 Å². The van der Waals surface area contributed by atoms with Gasteiger partial charge in [0.1, 0.15) is 17.2 Å². The standard InChI is InChI=1S/C20H35N5O5.H2S/c1-13(2)10-24-9-8-23(18(29)30-19(3,4)5)11-20(24)12-25(17(20)28)14(16(22)27)6-7-15(21)26;/h13-14H,6-12H2,1-5H3,(H2,21,26)(H2,22,27);1H2/t14-,20?;/m0./s1. The lowest BCUT2D eigenvalue weighted by atomic mass is 9.81. The van der Waals surface area contributed by atoms with Gasteiger partial charge in [-0.2, -0.15) is 13.5 Å². The molecule has 31 heavy (non-hydrogen) atoms. The third-order valence-electron chi connectivity index (χ3n) is 5.39. The molecular weight excluding hydrogens is 422 g/mol. The van der Waals surface area contributed by atoms with Crippen molar-refractivity contribution in [2.24, 2.45) is 17.4 Å². The van der Waals surface area contributed by atoms with Crippen molar-refractivity contribution in [1.82, 2.24) is 14.7 Å². The molecule has 0 aliphatic carbocycles. The molecule has 0 aromatic heterocycles. The maximum Gasteiger partial charge on any atom is 0.410 e. The van der Waals surface area contributed by atoms with Crippen molar-refractivity contribution in [1.29, 1.82) is 0 Å². The first kappa shape index (κ1) is 27.0. The first-order valence-corrected chi connectivity index (χ1v) is 10.4. The minimum absolute atomic E-state index is 0. The maximum atomic E-state index is 13.4. The lowest BCUT2D eigenvalue weighted by molar-refractivity contribution is -0.179. The molecule has 1 unspecified atom stereocenters. The van der Waals surface area contributed by atoms with E-state index >= 15 is 0 Å². The molecule has 0 aromatic rings. The summed E-state index contributed by atoms with van der Waals surface area (Å²) < 4.78 is 5.49. The second-order valence-electron chi connectivity index (χ2n) is 9.63. The number of hydrogen-bond acceptors (Lipinski definition) is 6. The molecule has 2 aliphatic rings. The van der Waals surface area contributed by atoms with Crippen molar-refractivity contribution < 1.29 is 23.9 Å². The Hall–Kier alpha value is -2.01. The van der Waals surface area contributed by atoms with Crippen LogP contribution in [-0.2, 0) is 19.1 Å². The number of carbonyl (C=O) groups is 4. The Morgan fingerprint density at radius 1 is 1.13 bits per heavy atom. The molecule has 10 nitrogen and oxygen atoms in total. The number of nitrogens with two attached hydrogens (primary N) is 2. The van der Waals surface area contributed by atoms with Gasteiger partial charge in [-0.25, -0.2) is 4.79 Å². The summed E-state index contributed by atoms with van der Waals surface area (Å²) in [5, 5.41) is 0. The summed E-state index contributed by atoms with van der Waals surface area (Å²) in [5.41, 5.74) is 9.13. The second-order valence-corrected chi connectivity index (χ2v) is 9.63. The highest BCUT2D eigenvalue weighted by atomic mass is 32.1. The number of hydrogen-bond donors (Lipinski definition) is 2. The zero-order chi connectivity index (χ0) is 22.9. The fourth-order valence-corrected chi connectivity index (χ4v) is 4.07. The van der Waals surface area contributed by atoms with E-state index in [-0.39, 0.29) is 45.3 Å². The fourth-order valence-electron chi connectivity index (χ4n) is 4.07. The van der Waals surface area contributed by atoms with Crippen LogP contribution in [-0.4, -0.2) is 88.4 Å². The summed E-state index contributed by atoms with van der Waals surface area (Å²) in [6, 6.07) is -0.895. The minimum Gasteiger partial charge on any atom is -0.444 e. The number of carbonyl (C=O) groups excluding carboxylic acids is 4. The van der Waals surface area contributed by atoms with Gasteiger partial charge >= 0.3 is 6.09 Å². The molecule has 178 valence electrons. The topological polar surface area (TPSA) is 139 Å². The van der Waals surface area contributed by atoms with E-state index in [0.29, 0.717) is 25.6 Å². The summed E-state index contributed by atoms with van der Waals surface area (Å²) in [6.45, 7) is 11.6. The number of ether oxygens (including phenoxy) is 1. The monoisotopic (exact) mass is 459 g/mol. The minimum atomic E-state index is -0.917. The molecule has 2 aliphatic heterocycles. The van der Waals surface area contributed by atoms with Crippen LogP contribution in [0.15, 0.2) is 0 Å². The van der Waals surface area contributed by atoms with Crippen LogP contribution < -0.4 is 11.5 Å². The van der Waals surface area contributed by atoms with E-state index in [4.69, 9.17) is 16.2 Å². The lowest BCUT2D eigenvalue weighted by Crippen LogP contribution is -2.82. The van der Waals surface area contributed by atoms with E-state index in [9.17, 15) is 19.2 Å². The van der Waals surface area contributed by atoms with Gasteiger partial charge in [0.15, 0.2) is 0 Å². The Bertz CT molecular complexity index is 711. The van der Waals surface area contributed by atoms with Gasteiger partial charge in [-0.15, -0.1) is 0 Å². The van der Waals surface area contributed by atoms with Gasteiger partial charge in [-0.1, -0.05) is 13.8 Å². The summed E-state index contributed by atoms with van der Waals surface area (Å²) in [4.78, 5) is 54.1. The molecule has 0 aromatic carbocycles. The molecule has 4 amide bonds. The van der Waals surface area contributed by atoms with Crippen LogP contribution in [0.2, 0.25) is 0 Å². The number of piperazine rings is 1. The molecule has 2 heterocycles. The van der Waals surface area contributed by atoms with E-state index in [2.05, 4.69) is 18.7 Å². The van der Waals surface area contributed by atoms with E-state index in [1.165, 1.54) is 4.90 Å². The Labute approximate surface area is 191 Å². The predicted octanol–water partition coefficient (Wildman–Crippen LogP) is 0.00830. The summed E-state index contributed by atoms with van der Waals surface area (Å²) in [6.07, 6.45) is -0.408. The van der Waals surface area contributed by atoms with E-state index in [0.717, 1.165) is 0 Å². The highest BCUT2D eigenvalue weighted by Gasteiger charge is 2.61. The molecule has 4 N–H and O–H groups in total. The van der Waals surface area contributed by atoms with E-state index in [1.807, 2.05) is 0 Å². The smallest absolute Gasteiger partial charge is 0.410 e. The van der Waals surface area contributed by atoms with Gasteiger partial charge in [-0.05, 0) is 33.1 Å². The van der Waals surface area contributed by atoms with Gasteiger partial charge in [0.25, 0.3) is 0 Å². The predicted molar refractivity (Wildman–Crippen MR) is 120 cm³/mol. The number of amides is 4. The van der Waals surface area contributed by atoms with Crippen molar-refractivity contribution in [3.8, 4) is 0 Å². The molecule has 0 radical (unpaired) electrons. The van der Waals surface area contributed by atoms with Gasteiger partial charge in [-0.3, -0.25) is 19.3 Å². The van der Waals surface area contributed by atoms with Gasteiger partial charge in [0, 0.05) is 26.1 Å². The molecule has 2 saturated heterocycles. The second kappa shape index (κ2) is 10.1. The van der Waals surface area contributed by atoms with Gasteiger partial charge in [0.2, 0.25) is 17.7 Å². The zero-order valence-corrected chi connectivity index (χ0v) is 20.1. The number of rotatable bonds is 7. The van der Waals surface area contributed by atoms with Crippen LogP contribution >= 0.6 is 13.5 Å². The van der Waals surface area contributed by atoms with Crippen molar-refractivity contribution in [2.75, 3.05) is 32.7 Å². The summed E-state index contributed by atoms with van der Waals surface area (Å²) >= 11 is 0. The van der Waals surface area contributed by atoms with Crippen LogP contribution in [0.1, 0.15) is 47.5 Å². The third kappa shape index (κ3) is 6.25. The number of nitrogens with zero attached hydrogens (tertiary/aromatic N) is 3. The average molecular weight is 460 g/mol. The Balaban J connectivity index is 0.00000480. The molecule has 0 bridgehead atoms. The Morgan fingerprint density at radius 3 is 2.19 bits per heavy atom. The molecule has 2 fully saturated rings. The van der Waals surface area contributed by atoms with Gasteiger partial charge in [0.05, 0.1) is 13.1 Å². The quantitative estimate of drug-likeness (QED) is 0.514. The van der Waals surface area contributed by atoms with Crippen LogP contribution in [0.5, 0.6) is 0 Å². The van der Waals surface area contributed by atoms with E-state index < -0.39 is 35.1 Å². The van der Waals surface area contributed by atoms with E-state index in [1.54, 1.807) is 25.7 Å². The largest absolute Gasteiger partial charge is 0.444 e. The Kier molecular flexibility index (Phi) is 8.78. The third-order valence-corrected chi connectivity index (χ3v) is 5.39. The van der Waals surface area contributed by atoms with Crippen LogP contribution in [0.25, 0.3) is 0 Å². The van der Waals surface area contributed by atoms with Crippen LogP contribution in [0, 0.1) is 5.92 Å². The van der Waals surface area contributed by atoms with Crippen LogP contribution in [0.4, 0.5) is 4.79 Å². The highest BCUT2D eigenvalue weighted by Crippen LogP contribution is 2.36. The molecule has 1 spiro atoms. The summed E-state index contributed by atoms with van der Waals surface area (Å²) in [7, 11) is 0. The van der Waals surface area contributed by atoms with Crippen LogP contribution in [0.3, 0.4) is 0 Å². The highest BCUT2D eigenvalue weighted by molar-refractivity contribution is 7.59. The summed E-state index contributed by atoms with van der Waals surface area (Å²) in [5.74, 6) is -1.17. The first-order chi connectivity index (χ1) is 13.8. The molecule has 11 heteroatoms. The number of β-lactam (4-membered cyclic amide) rings is 1. The number of primary amides is 2. The van der Waals surface area contributed by atoms with Crippen molar-refractivity contribution >= 4 is 37.3 Å². The average Bonchev–Trinajstić information content (AvgIpc) is 2.59. The zero-order valence-electron chi connectivity index (χ0n) is 19.1. The van der Waals surface area contributed by atoms with Crippen molar-refractivity contribution in [3.05, 3.63) is 0 Å². The lowest BCUT2D eigenvalue weighted by Gasteiger charge is -2.59. The normalized spacial score (nSPS) is 22.7. The molecular formula is C20H37N5O5S. The number of likely N-dealkylation sites (tertiary alicyclic amines) is 1. The fraction of sp³-hybridized carbons (Fsp3) is 0.800. The molecule has 2 rings (SSSR count). The maximum absolute atomic E-state index is 13.4. The first-order valence-electron chi connectivity index (χ1n) is 10.4. The molecule has 2 atom stereocenters. The Morgan fingerprint density at radius 2 is 1.74 bits per heavy atom. The van der Waals surface area contributed by atoms with Gasteiger partial charge < -0.3 is 26.0 Å². The molecule has 0 saturated carbocycles.